The predicted octanol–water partition coefficient (Wildman–Crippen LogP) is 4.59. The standard InChI is InChI=1S/C26H37N7OS/c1-16(2)13-23(34)27-11-7-8-12-28-24-25-30-18(5)14-19(6)33(25)22-10-9-20(15-21(22)32-24)31-26(35)29-17(3)4/h9-10,14-17H,5,7-8,11-13H2,1-4,6H3,(H,27,34)(H,28,32)(H2,29,31,35). The fourth-order valence-electron chi connectivity index (χ4n) is 3.88. The number of allylic oxidation sites excluding steroid dienone is 2. The lowest BCUT2D eigenvalue weighted by Crippen LogP contribution is -2.46. The summed E-state index contributed by atoms with van der Waals surface area (Å²) >= 11 is 5.40. The molecule has 8 nitrogen and oxygen atoms in total. The van der Waals surface area contributed by atoms with E-state index in [1.54, 1.807) is 0 Å². The summed E-state index contributed by atoms with van der Waals surface area (Å²) in [5.74, 6) is 1.93. The molecule has 1 amide bonds. The molecular formula is C26H37N7OS. The van der Waals surface area contributed by atoms with E-state index < -0.39 is 0 Å². The highest BCUT2D eigenvalue weighted by atomic mass is 32.1. The highest BCUT2D eigenvalue weighted by molar-refractivity contribution is 7.80. The van der Waals surface area contributed by atoms with Gasteiger partial charge in [-0.2, -0.15) is 0 Å². The molecule has 0 spiro atoms. The largest absolute Gasteiger partial charge is 0.367 e. The average Bonchev–Trinajstić information content (AvgIpc) is 2.74. The first-order chi connectivity index (χ1) is 16.6. The Bertz CT molecular complexity index is 1070. The van der Waals surface area contributed by atoms with Crippen LogP contribution in [-0.2, 0) is 4.79 Å². The van der Waals surface area contributed by atoms with Gasteiger partial charge in [0.2, 0.25) is 5.91 Å². The van der Waals surface area contributed by atoms with Gasteiger partial charge in [0.25, 0.3) is 0 Å². The van der Waals surface area contributed by atoms with Crippen LogP contribution in [0.2, 0.25) is 0 Å². The predicted molar refractivity (Wildman–Crippen MR) is 151 cm³/mol. The second-order valence-corrected chi connectivity index (χ2v) is 9.95. The third-order valence-electron chi connectivity index (χ3n) is 5.34. The van der Waals surface area contributed by atoms with E-state index in [9.17, 15) is 4.79 Å². The number of nitrogens with one attached hydrogen (secondary N) is 4. The number of carbonyl (C=O) groups excluding carboxylic acids is 1. The van der Waals surface area contributed by atoms with Crippen LogP contribution in [0.1, 0.15) is 53.9 Å². The zero-order valence-corrected chi connectivity index (χ0v) is 22.2. The van der Waals surface area contributed by atoms with Gasteiger partial charge < -0.3 is 21.3 Å². The fraction of sp³-hybridized carbons (Fsp3) is 0.462. The van der Waals surface area contributed by atoms with E-state index in [0.29, 0.717) is 35.5 Å². The fourth-order valence-corrected chi connectivity index (χ4v) is 4.23. The molecule has 2 aliphatic rings. The Kier molecular flexibility index (Phi) is 9.03. The first-order valence-electron chi connectivity index (χ1n) is 12.2. The SMILES string of the molecule is C=C1C=C(C)N2C(=N1)C(NCCCCNC(=O)CC(C)C)=Nc1cc(NC(=S)NC(C)C)ccc12. The summed E-state index contributed by atoms with van der Waals surface area (Å²) in [6.45, 7) is 15.6. The molecule has 4 N–H and O–H groups in total. The average molecular weight is 496 g/mol. The smallest absolute Gasteiger partial charge is 0.220 e. The van der Waals surface area contributed by atoms with E-state index in [1.807, 2.05) is 58.9 Å². The number of rotatable bonds is 9. The van der Waals surface area contributed by atoms with Gasteiger partial charge in [-0.05, 0) is 76.0 Å². The van der Waals surface area contributed by atoms with E-state index in [4.69, 9.17) is 17.2 Å². The Hall–Kier alpha value is -3.20. The zero-order valence-electron chi connectivity index (χ0n) is 21.4. The van der Waals surface area contributed by atoms with Gasteiger partial charge in [0.05, 0.1) is 17.1 Å². The van der Waals surface area contributed by atoms with Crippen molar-refractivity contribution in [3.8, 4) is 0 Å². The molecule has 0 saturated heterocycles. The molecule has 0 unspecified atom stereocenters. The summed E-state index contributed by atoms with van der Waals surface area (Å²) in [5.41, 5.74) is 4.37. The number of carbonyl (C=O) groups is 1. The first kappa shape index (κ1) is 26.4. The van der Waals surface area contributed by atoms with Gasteiger partial charge in [0.15, 0.2) is 16.8 Å². The second kappa shape index (κ2) is 12.0. The van der Waals surface area contributed by atoms with Crippen molar-refractivity contribution in [2.45, 2.75) is 59.9 Å². The Labute approximate surface area is 214 Å². The number of amidine groups is 2. The van der Waals surface area contributed by atoms with Gasteiger partial charge in [0.1, 0.15) is 0 Å². The Morgan fingerprint density at radius 2 is 1.89 bits per heavy atom. The Morgan fingerprint density at radius 1 is 1.14 bits per heavy atom. The van der Waals surface area contributed by atoms with Crippen molar-refractivity contribution in [3.63, 3.8) is 0 Å². The number of nitrogens with zero attached hydrogens (tertiary/aromatic N) is 3. The maximum Gasteiger partial charge on any atom is 0.220 e. The van der Waals surface area contributed by atoms with Crippen LogP contribution in [0.4, 0.5) is 17.1 Å². The first-order valence-corrected chi connectivity index (χ1v) is 12.6. The molecule has 35 heavy (non-hydrogen) atoms. The van der Waals surface area contributed by atoms with Crippen molar-refractivity contribution in [1.82, 2.24) is 16.0 Å². The number of anilines is 2. The normalized spacial score (nSPS) is 14.5. The van der Waals surface area contributed by atoms with E-state index in [0.717, 1.165) is 48.0 Å². The number of unbranched alkanes of at least 4 members (excludes halogenated alkanes) is 1. The molecule has 0 atom stereocenters. The van der Waals surface area contributed by atoms with Crippen LogP contribution in [0.3, 0.4) is 0 Å². The lowest BCUT2D eigenvalue weighted by Gasteiger charge is -2.34. The highest BCUT2D eigenvalue weighted by Gasteiger charge is 2.30. The molecule has 188 valence electrons. The Balaban J connectivity index is 1.70. The molecule has 0 radical (unpaired) electrons. The number of fused-ring (bicyclic) bond motifs is 3. The molecule has 0 aromatic heterocycles. The minimum Gasteiger partial charge on any atom is -0.367 e. The summed E-state index contributed by atoms with van der Waals surface area (Å²) < 4.78 is 0. The summed E-state index contributed by atoms with van der Waals surface area (Å²) in [5, 5.41) is 13.4. The van der Waals surface area contributed by atoms with Gasteiger partial charge in [0, 0.05) is 36.9 Å². The van der Waals surface area contributed by atoms with Gasteiger partial charge >= 0.3 is 0 Å². The highest BCUT2D eigenvalue weighted by Crippen LogP contribution is 2.38. The zero-order chi connectivity index (χ0) is 25.5. The van der Waals surface area contributed by atoms with Gasteiger partial charge in [-0.25, -0.2) is 9.98 Å². The van der Waals surface area contributed by atoms with Crippen LogP contribution in [0.25, 0.3) is 0 Å². The van der Waals surface area contributed by atoms with Gasteiger partial charge in [-0.3, -0.25) is 9.69 Å². The third-order valence-corrected chi connectivity index (χ3v) is 5.56. The van der Waals surface area contributed by atoms with Gasteiger partial charge in [-0.15, -0.1) is 0 Å². The van der Waals surface area contributed by atoms with E-state index >= 15 is 0 Å². The van der Waals surface area contributed by atoms with Crippen LogP contribution < -0.4 is 26.2 Å². The minimum absolute atomic E-state index is 0.113. The number of hydrogen-bond acceptors (Lipinski definition) is 6. The maximum absolute atomic E-state index is 11.8. The van der Waals surface area contributed by atoms with Crippen molar-refractivity contribution in [2.24, 2.45) is 15.9 Å². The van der Waals surface area contributed by atoms with Crippen LogP contribution >= 0.6 is 12.2 Å². The molecule has 2 heterocycles. The second-order valence-electron chi connectivity index (χ2n) is 9.55. The summed E-state index contributed by atoms with van der Waals surface area (Å²) in [4.78, 5) is 23.5. The van der Waals surface area contributed by atoms with Crippen molar-refractivity contribution < 1.29 is 4.79 Å². The van der Waals surface area contributed by atoms with Crippen molar-refractivity contribution >= 4 is 52.0 Å². The van der Waals surface area contributed by atoms with Crippen LogP contribution in [-0.4, -0.2) is 41.8 Å². The molecule has 0 bridgehead atoms. The van der Waals surface area contributed by atoms with E-state index in [1.165, 1.54) is 0 Å². The van der Waals surface area contributed by atoms with Gasteiger partial charge in [-0.1, -0.05) is 20.4 Å². The van der Waals surface area contributed by atoms with Crippen LogP contribution in [0.5, 0.6) is 0 Å². The molecule has 0 aliphatic carbocycles. The lowest BCUT2D eigenvalue weighted by molar-refractivity contribution is -0.121. The van der Waals surface area contributed by atoms with Crippen molar-refractivity contribution in [1.29, 1.82) is 0 Å². The van der Waals surface area contributed by atoms with Crippen LogP contribution in [0, 0.1) is 5.92 Å². The van der Waals surface area contributed by atoms with Crippen molar-refractivity contribution in [2.75, 3.05) is 23.3 Å². The summed E-state index contributed by atoms with van der Waals surface area (Å²) in [7, 11) is 0. The molecule has 0 saturated carbocycles. The lowest BCUT2D eigenvalue weighted by atomic mass is 10.1. The molecule has 9 heteroatoms. The number of amides is 1. The molecule has 1 aromatic carbocycles. The summed E-state index contributed by atoms with van der Waals surface area (Å²) in [6, 6.07) is 6.25. The van der Waals surface area contributed by atoms with E-state index in [2.05, 4.69) is 37.7 Å². The van der Waals surface area contributed by atoms with Crippen LogP contribution in [0.15, 0.2) is 52.2 Å². The van der Waals surface area contributed by atoms with E-state index in [-0.39, 0.29) is 11.9 Å². The number of hydrogen-bond donors (Lipinski definition) is 4. The number of thiocarbonyl (C=S) groups is 1. The third kappa shape index (κ3) is 7.39. The summed E-state index contributed by atoms with van der Waals surface area (Å²) in [6.07, 6.45) is 4.31. The van der Waals surface area contributed by atoms with Crippen molar-refractivity contribution in [3.05, 3.63) is 42.2 Å². The molecule has 3 rings (SSSR count). The monoisotopic (exact) mass is 495 g/mol. The molecule has 1 aromatic rings. The quantitative estimate of drug-likeness (QED) is 0.296. The minimum atomic E-state index is 0.113. The molecule has 2 aliphatic heterocycles. The topological polar surface area (TPSA) is 93.2 Å². The number of aliphatic imine (C=N–C) groups is 2. The Morgan fingerprint density at radius 3 is 2.60 bits per heavy atom. The molecule has 0 fully saturated rings. The molecular weight excluding hydrogens is 458 g/mol. The maximum atomic E-state index is 11.8. The number of benzene rings is 1.